The van der Waals surface area contributed by atoms with Crippen molar-refractivity contribution in [2.45, 2.75) is 12.8 Å². The maximum absolute atomic E-state index is 10.4. The number of rotatable bonds is 9. The predicted octanol–water partition coefficient (Wildman–Crippen LogP) is 5.85. The number of halogens is 5. The third-order valence-electron chi connectivity index (χ3n) is 2.76. The zero-order valence-electron chi connectivity index (χ0n) is 12.2. The van der Waals surface area contributed by atoms with Crippen molar-refractivity contribution in [3.8, 4) is 0 Å². The number of carboxylic acid groups (broad SMARTS) is 1. The van der Waals surface area contributed by atoms with E-state index in [0.29, 0.717) is 22.2 Å². The molecule has 0 heterocycles. The normalized spacial score (nSPS) is 10.4. The molecule has 0 aliphatic rings. The Labute approximate surface area is 186 Å². The van der Waals surface area contributed by atoms with Gasteiger partial charge in [0.25, 0.3) is 0 Å². The Hall–Kier alpha value is 1.64. The number of aliphatic carboxylic acids is 1. The number of hydrogen-bond donors (Lipinski definition) is 1. The number of aryl methyl sites for hydroxylation is 1. The first kappa shape index (κ1) is 24.6. The van der Waals surface area contributed by atoms with Crippen LogP contribution in [0.25, 0.3) is 0 Å². The van der Waals surface area contributed by atoms with E-state index in [0.717, 1.165) is 30.8 Å². The molecule has 0 aliphatic carbocycles. The summed E-state index contributed by atoms with van der Waals surface area (Å²) in [5.41, 5.74) is 2.21. The molecule has 1 aromatic carbocycles. The summed E-state index contributed by atoms with van der Waals surface area (Å²) < 4.78 is 0.306. The molecule has 0 saturated carbocycles. The fourth-order valence-electron chi connectivity index (χ4n) is 1.81. The molecule has 23 heavy (non-hydrogen) atoms. The molecule has 136 valence electrons. The van der Waals surface area contributed by atoms with Gasteiger partial charge in [-0.15, -0.1) is 23.2 Å². The van der Waals surface area contributed by atoms with E-state index in [1.54, 1.807) is 0 Å². The minimum atomic E-state index is -0.868. The fourth-order valence-corrected chi connectivity index (χ4v) is 2.22. The number of anilines is 1. The van der Waals surface area contributed by atoms with Crippen LogP contribution in [0.5, 0.6) is 0 Å². The first-order chi connectivity index (χ1) is 10.9. The summed E-state index contributed by atoms with van der Waals surface area (Å²) in [7, 11) is 0. The van der Waals surface area contributed by atoms with Crippen molar-refractivity contribution in [2.24, 2.45) is 0 Å². The van der Waals surface area contributed by atoms with Crippen molar-refractivity contribution in [1.82, 2.24) is 0 Å². The zero-order chi connectivity index (χ0) is 17.7. The van der Waals surface area contributed by atoms with Gasteiger partial charge in [-0.2, -0.15) is 6.42 Å². The molecule has 0 aliphatic heterocycles. The molecule has 0 unspecified atom stereocenters. The van der Waals surface area contributed by atoms with E-state index in [2.05, 4.69) is 66.1 Å². The molecule has 0 bridgehead atoms. The topological polar surface area (TPSA) is 40.5 Å². The number of carbonyl (C=O) groups is 1. The van der Waals surface area contributed by atoms with Crippen molar-refractivity contribution in [3.63, 3.8) is 0 Å². The van der Waals surface area contributed by atoms with Crippen LogP contribution in [0.1, 0.15) is 12.0 Å². The van der Waals surface area contributed by atoms with Gasteiger partial charge in [-0.05, 0) is 12.1 Å². The van der Waals surface area contributed by atoms with Crippen LogP contribution in [0, 0.1) is 6.42 Å². The molecule has 0 radical (unpaired) electrons. The van der Waals surface area contributed by atoms with Crippen molar-refractivity contribution >= 4 is 96.1 Å². The second-order valence-electron chi connectivity index (χ2n) is 4.26. The molecule has 0 fully saturated rings. The summed E-state index contributed by atoms with van der Waals surface area (Å²) in [6.45, 7) is 1.53. The number of nitrogens with zero attached hydrogens (tertiary/aromatic N) is 1. The van der Waals surface area contributed by atoms with Gasteiger partial charge in [0.1, 0.15) is 0 Å². The van der Waals surface area contributed by atoms with E-state index < -0.39 is 5.97 Å². The molecule has 0 spiro atoms. The van der Waals surface area contributed by atoms with E-state index in [9.17, 15) is 4.79 Å². The molecular weight excluding hydrogens is 725 g/mol. The van der Waals surface area contributed by atoms with Crippen LogP contribution in [-0.4, -0.2) is 35.9 Å². The van der Waals surface area contributed by atoms with Gasteiger partial charge >= 0.3 is 65.3 Å². The van der Waals surface area contributed by atoms with Gasteiger partial charge in [0.2, 0.25) is 0 Å². The molecule has 3 nitrogen and oxygen atoms in total. The second-order valence-corrected chi connectivity index (χ2v) is 31.4. The summed E-state index contributed by atoms with van der Waals surface area (Å²) in [5.74, 6) is 0.255. The third-order valence-corrected chi connectivity index (χ3v) is 3.10. The van der Waals surface area contributed by atoms with E-state index in [-0.39, 0.29) is 0 Å². The zero-order valence-corrected chi connectivity index (χ0v) is 21.2. The first-order valence-electron chi connectivity index (χ1n) is 6.57. The Morgan fingerprint density at radius 3 is 2.00 bits per heavy atom. The monoisotopic (exact) mass is 742 g/mol. The number of carboxylic acids is 1. The Balaban J connectivity index is 0.00000108. The Morgan fingerprint density at radius 2 is 1.61 bits per heavy atom. The summed E-state index contributed by atoms with van der Waals surface area (Å²) in [6.07, 6.45) is 2.56. The van der Waals surface area contributed by atoms with E-state index in [4.69, 9.17) is 28.3 Å². The van der Waals surface area contributed by atoms with E-state index >= 15 is 0 Å². The molecule has 1 rings (SSSR count). The molecule has 0 amide bonds. The molecule has 0 saturated heterocycles. The Morgan fingerprint density at radius 1 is 1.13 bits per heavy atom. The number of hydrogen-bond acceptors (Lipinski definition) is 2. The first-order valence-corrected chi connectivity index (χ1v) is 17.7. The van der Waals surface area contributed by atoms with Crippen LogP contribution in [-0.2, 0) is 15.2 Å². The average molecular weight is 743 g/mol. The summed E-state index contributed by atoms with van der Waals surface area (Å²) in [5, 5.41) is 8.54. The van der Waals surface area contributed by atoms with Crippen molar-refractivity contribution < 1.29 is 13.9 Å². The van der Waals surface area contributed by atoms with Gasteiger partial charge in [-0.1, -0.05) is 24.1 Å². The summed E-state index contributed by atoms with van der Waals surface area (Å²) in [4.78, 5) is 12.5. The standard InChI is InChI=1S/C14H18Cl2NO2.Co.3HI/c15-8-10-17(11-9-16)13-6-4-12(5-7-13)2-1-3-14(18)19;;;;/h3-7H,1-2,8-11H2,(H,18,19);;3*1H/q-1;+3;;;/p-3. The molecule has 0 aromatic heterocycles. The molecular formula is C14H18Cl2CoI3NO2-. The van der Waals surface area contributed by atoms with Crippen molar-refractivity contribution in [3.05, 3.63) is 36.2 Å². The second kappa shape index (κ2) is 15.9. The Bertz CT molecular complexity index is 430. The van der Waals surface area contributed by atoms with Crippen LogP contribution in [0.2, 0.25) is 0 Å². The number of benzene rings is 1. The maximum atomic E-state index is 10.4. The molecule has 1 N–H and O–H groups in total. The fraction of sp³-hybridized carbons (Fsp3) is 0.429. The van der Waals surface area contributed by atoms with Gasteiger partial charge in [-0.25, -0.2) is 0 Å². The average Bonchev–Trinajstić information content (AvgIpc) is 2.47. The van der Waals surface area contributed by atoms with E-state index in [1.165, 1.54) is 6.42 Å². The van der Waals surface area contributed by atoms with Gasteiger partial charge in [0.15, 0.2) is 5.97 Å². The molecule has 9 heteroatoms. The van der Waals surface area contributed by atoms with Crippen LogP contribution < -0.4 is 4.90 Å². The summed E-state index contributed by atoms with van der Waals surface area (Å²) in [6, 6.07) is 8.07. The molecule has 1 aromatic rings. The van der Waals surface area contributed by atoms with Gasteiger partial charge in [-0.3, -0.25) is 11.2 Å². The van der Waals surface area contributed by atoms with Crippen LogP contribution in [0.15, 0.2) is 24.3 Å². The van der Waals surface area contributed by atoms with Crippen molar-refractivity contribution in [1.29, 1.82) is 0 Å². The van der Waals surface area contributed by atoms with Crippen LogP contribution >= 0.6 is 84.4 Å². The SMILES string of the molecule is O=C(O)[CH-]CCc1ccc(N(CCCl)CCCl)cc1.[I][Co]([I])[I]. The van der Waals surface area contributed by atoms with E-state index in [1.807, 2.05) is 24.3 Å². The summed E-state index contributed by atoms with van der Waals surface area (Å²) >= 11 is 18.7. The van der Waals surface area contributed by atoms with Crippen LogP contribution in [0.4, 0.5) is 5.69 Å². The van der Waals surface area contributed by atoms with Gasteiger partial charge in [0.05, 0.1) is 0 Å². The number of alkyl halides is 2. The Kier molecular flexibility index (Phi) is 17.0. The van der Waals surface area contributed by atoms with Crippen molar-refractivity contribution in [2.75, 3.05) is 29.7 Å². The predicted molar refractivity (Wildman–Crippen MR) is 122 cm³/mol. The molecule has 0 atom stereocenters. The minimum absolute atomic E-state index is 0.306. The third kappa shape index (κ3) is 14.5. The quantitative estimate of drug-likeness (QED) is 0.196. The van der Waals surface area contributed by atoms with Gasteiger partial charge < -0.3 is 10.0 Å². The van der Waals surface area contributed by atoms with Crippen LogP contribution in [0.3, 0.4) is 0 Å². The van der Waals surface area contributed by atoms with Gasteiger partial charge in [0, 0.05) is 30.5 Å².